The second kappa shape index (κ2) is 7.87. The first kappa shape index (κ1) is 18.4. The molecule has 1 aromatic carbocycles. The maximum absolute atomic E-state index is 12.9. The Labute approximate surface area is 158 Å². The van der Waals surface area contributed by atoms with Crippen LogP contribution in [0.15, 0.2) is 36.7 Å². The summed E-state index contributed by atoms with van der Waals surface area (Å²) in [5.74, 6) is -0.147. The molecule has 6 heteroatoms. The lowest BCUT2D eigenvalue weighted by atomic mass is 9.88. The Bertz CT molecular complexity index is 856. The molecule has 1 fully saturated rings. The molecule has 0 aliphatic carbocycles. The SMILES string of the molecule is Cc1cc(Cl)ccc1C(=O)[C@@H]1CCCN(C(=O)/C=C/c2cnn(C)c2)C1. The zero-order valence-corrected chi connectivity index (χ0v) is 15.7. The van der Waals surface area contributed by atoms with Crippen LogP contribution in [0.2, 0.25) is 5.02 Å². The molecule has 0 radical (unpaired) electrons. The quantitative estimate of drug-likeness (QED) is 0.610. The van der Waals surface area contributed by atoms with Crippen LogP contribution in [0.25, 0.3) is 6.08 Å². The molecule has 1 saturated heterocycles. The van der Waals surface area contributed by atoms with E-state index >= 15 is 0 Å². The van der Waals surface area contributed by atoms with Crippen molar-refractivity contribution >= 4 is 29.4 Å². The maximum Gasteiger partial charge on any atom is 0.246 e. The number of piperidine rings is 1. The van der Waals surface area contributed by atoms with Crippen LogP contribution in [-0.4, -0.2) is 39.5 Å². The van der Waals surface area contributed by atoms with Crippen LogP contribution in [0, 0.1) is 12.8 Å². The molecule has 2 aromatic rings. The molecule has 26 heavy (non-hydrogen) atoms. The summed E-state index contributed by atoms with van der Waals surface area (Å²) >= 11 is 5.98. The predicted molar refractivity (Wildman–Crippen MR) is 102 cm³/mol. The van der Waals surface area contributed by atoms with Gasteiger partial charge >= 0.3 is 0 Å². The summed E-state index contributed by atoms with van der Waals surface area (Å²) in [5, 5.41) is 4.70. The van der Waals surface area contributed by atoms with Crippen molar-refractivity contribution in [2.75, 3.05) is 13.1 Å². The number of aryl methyl sites for hydroxylation is 2. The summed E-state index contributed by atoms with van der Waals surface area (Å²) in [6.45, 7) is 3.03. The minimum atomic E-state index is -0.167. The van der Waals surface area contributed by atoms with Gasteiger partial charge in [0.05, 0.1) is 6.20 Å². The third kappa shape index (κ3) is 4.22. The van der Waals surface area contributed by atoms with Gasteiger partial charge in [-0.1, -0.05) is 11.6 Å². The molecule has 0 unspecified atom stereocenters. The average molecular weight is 372 g/mol. The average Bonchev–Trinajstić information content (AvgIpc) is 3.04. The van der Waals surface area contributed by atoms with Gasteiger partial charge in [0.15, 0.2) is 5.78 Å². The highest BCUT2D eigenvalue weighted by Gasteiger charge is 2.28. The van der Waals surface area contributed by atoms with Crippen molar-refractivity contribution in [3.05, 3.63) is 58.4 Å². The van der Waals surface area contributed by atoms with Crippen molar-refractivity contribution in [2.45, 2.75) is 19.8 Å². The maximum atomic E-state index is 12.9. The van der Waals surface area contributed by atoms with Crippen molar-refractivity contribution in [1.82, 2.24) is 14.7 Å². The second-order valence-electron chi connectivity index (χ2n) is 6.73. The molecular formula is C20H22ClN3O2. The zero-order valence-electron chi connectivity index (χ0n) is 15.0. The lowest BCUT2D eigenvalue weighted by molar-refractivity contribution is -0.127. The van der Waals surface area contributed by atoms with Crippen molar-refractivity contribution in [2.24, 2.45) is 13.0 Å². The normalized spacial score (nSPS) is 17.7. The molecular weight excluding hydrogens is 350 g/mol. The Morgan fingerprint density at radius 1 is 1.35 bits per heavy atom. The van der Waals surface area contributed by atoms with E-state index in [0.29, 0.717) is 23.7 Å². The Balaban J connectivity index is 1.67. The first-order chi connectivity index (χ1) is 12.4. The number of benzene rings is 1. The van der Waals surface area contributed by atoms with Crippen LogP contribution in [0.3, 0.4) is 0 Å². The van der Waals surface area contributed by atoms with Crippen molar-refractivity contribution in [3.8, 4) is 0 Å². The fourth-order valence-corrected chi connectivity index (χ4v) is 3.54. The number of nitrogens with zero attached hydrogens (tertiary/aromatic N) is 3. The first-order valence-corrected chi connectivity index (χ1v) is 9.08. The number of hydrogen-bond donors (Lipinski definition) is 0. The minimum Gasteiger partial charge on any atom is -0.338 e. The minimum absolute atomic E-state index is 0.0702. The van der Waals surface area contributed by atoms with Gasteiger partial charge in [0.25, 0.3) is 0 Å². The molecule has 1 amide bonds. The molecule has 2 heterocycles. The predicted octanol–water partition coefficient (Wildman–Crippen LogP) is 3.52. The van der Waals surface area contributed by atoms with Gasteiger partial charge in [0.2, 0.25) is 5.91 Å². The highest BCUT2D eigenvalue weighted by Crippen LogP contribution is 2.24. The third-order valence-electron chi connectivity index (χ3n) is 4.70. The monoisotopic (exact) mass is 371 g/mol. The molecule has 0 spiro atoms. The number of hydrogen-bond acceptors (Lipinski definition) is 3. The van der Waals surface area contributed by atoms with Crippen molar-refractivity contribution in [1.29, 1.82) is 0 Å². The Kier molecular flexibility index (Phi) is 5.57. The van der Waals surface area contributed by atoms with Crippen LogP contribution in [0.1, 0.15) is 34.3 Å². The van der Waals surface area contributed by atoms with Gasteiger partial charge in [-0.15, -0.1) is 0 Å². The van der Waals surface area contributed by atoms with E-state index < -0.39 is 0 Å². The van der Waals surface area contributed by atoms with E-state index in [4.69, 9.17) is 11.6 Å². The molecule has 1 atom stereocenters. The van der Waals surface area contributed by atoms with E-state index in [9.17, 15) is 9.59 Å². The summed E-state index contributed by atoms with van der Waals surface area (Å²) in [6.07, 6.45) is 8.49. The fourth-order valence-electron chi connectivity index (χ4n) is 3.31. The van der Waals surface area contributed by atoms with Gasteiger partial charge in [-0.05, 0) is 49.6 Å². The highest BCUT2D eigenvalue weighted by atomic mass is 35.5. The summed E-state index contributed by atoms with van der Waals surface area (Å²) in [4.78, 5) is 27.1. The number of Topliss-reactive ketones (excluding diaryl/α,β-unsaturated/α-hetero) is 1. The number of aromatic nitrogens is 2. The first-order valence-electron chi connectivity index (χ1n) is 8.70. The molecule has 0 bridgehead atoms. The number of halogens is 1. The number of carbonyl (C=O) groups excluding carboxylic acids is 2. The van der Waals surface area contributed by atoms with Gasteiger partial charge < -0.3 is 4.90 Å². The third-order valence-corrected chi connectivity index (χ3v) is 4.94. The molecule has 3 rings (SSSR count). The largest absolute Gasteiger partial charge is 0.338 e. The van der Waals surface area contributed by atoms with E-state index in [1.54, 1.807) is 46.1 Å². The van der Waals surface area contributed by atoms with E-state index in [1.165, 1.54) is 0 Å². The number of rotatable bonds is 4. The number of ketones is 1. The van der Waals surface area contributed by atoms with Gasteiger partial charge in [-0.3, -0.25) is 14.3 Å². The van der Waals surface area contributed by atoms with Gasteiger partial charge in [0, 0.05) is 54.5 Å². The Morgan fingerprint density at radius 2 is 2.15 bits per heavy atom. The number of carbonyl (C=O) groups is 2. The summed E-state index contributed by atoms with van der Waals surface area (Å²) < 4.78 is 1.69. The van der Waals surface area contributed by atoms with Crippen LogP contribution in [-0.2, 0) is 11.8 Å². The molecule has 1 aromatic heterocycles. The van der Waals surface area contributed by atoms with E-state index in [0.717, 1.165) is 24.0 Å². The van der Waals surface area contributed by atoms with Crippen molar-refractivity contribution in [3.63, 3.8) is 0 Å². The van der Waals surface area contributed by atoms with Crippen molar-refractivity contribution < 1.29 is 9.59 Å². The van der Waals surface area contributed by atoms with E-state index in [2.05, 4.69) is 5.10 Å². The zero-order chi connectivity index (χ0) is 18.7. The molecule has 0 saturated carbocycles. The lowest BCUT2D eigenvalue weighted by Gasteiger charge is -2.31. The number of likely N-dealkylation sites (tertiary alicyclic amines) is 1. The van der Waals surface area contributed by atoms with Crippen LogP contribution < -0.4 is 0 Å². The highest BCUT2D eigenvalue weighted by molar-refractivity contribution is 6.30. The molecule has 1 aliphatic heterocycles. The van der Waals surface area contributed by atoms with Gasteiger partial charge in [0.1, 0.15) is 0 Å². The van der Waals surface area contributed by atoms with E-state index in [1.807, 2.05) is 20.2 Å². The Morgan fingerprint density at radius 3 is 2.85 bits per heavy atom. The second-order valence-corrected chi connectivity index (χ2v) is 7.16. The topological polar surface area (TPSA) is 55.2 Å². The number of amides is 1. The smallest absolute Gasteiger partial charge is 0.246 e. The Hall–Kier alpha value is -2.40. The van der Waals surface area contributed by atoms with Crippen LogP contribution >= 0.6 is 11.6 Å². The van der Waals surface area contributed by atoms with Gasteiger partial charge in [-0.2, -0.15) is 5.10 Å². The summed E-state index contributed by atoms with van der Waals surface area (Å²) in [7, 11) is 1.83. The standard InChI is InChI=1S/C20H22ClN3O2/c1-14-10-17(21)6-7-18(14)20(26)16-4-3-9-24(13-16)19(25)8-5-15-11-22-23(2)12-15/h5-8,10-12,16H,3-4,9,13H2,1-2H3/b8-5+/t16-/m1/s1. The summed E-state index contributed by atoms with van der Waals surface area (Å²) in [5.41, 5.74) is 2.45. The van der Waals surface area contributed by atoms with Crippen LogP contribution in [0.4, 0.5) is 0 Å². The fraction of sp³-hybridized carbons (Fsp3) is 0.350. The summed E-state index contributed by atoms with van der Waals surface area (Å²) in [6, 6.07) is 5.32. The molecule has 1 aliphatic rings. The molecule has 0 N–H and O–H groups in total. The molecule has 5 nitrogen and oxygen atoms in total. The van der Waals surface area contributed by atoms with Gasteiger partial charge in [-0.25, -0.2) is 0 Å². The molecule has 136 valence electrons. The van der Waals surface area contributed by atoms with Crippen LogP contribution in [0.5, 0.6) is 0 Å². The van der Waals surface area contributed by atoms with E-state index in [-0.39, 0.29) is 17.6 Å². The lowest BCUT2D eigenvalue weighted by Crippen LogP contribution is -2.41.